The molecular formula is C13H19ClN2O2S2. The highest BCUT2D eigenvalue weighted by Crippen LogP contribution is 2.26. The minimum atomic E-state index is -3.65. The fourth-order valence-electron chi connectivity index (χ4n) is 1.80. The lowest BCUT2D eigenvalue weighted by atomic mass is 10.2. The molecule has 0 aliphatic heterocycles. The molecule has 20 heavy (non-hydrogen) atoms. The van der Waals surface area contributed by atoms with Crippen LogP contribution in [0.15, 0.2) is 23.1 Å². The van der Waals surface area contributed by atoms with E-state index in [1.165, 1.54) is 16.4 Å². The fraction of sp³-hybridized carbons (Fsp3) is 0.462. The molecule has 0 saturated heterocycles. The van der Waals surface area contributed by atoms with E-state index in [0.717, 1.165) is 0 Å². The molecule has 7 heteroatoms. The van der Waals surface area contributed by atoms with Crippen molar-refractivity contribution in [1.82, 2.24) is 4.31 Å². The number of halogens is 1. The highest BCUT2D eigenvalue weighted by Gasteiger charge is 2.26. The minimum absolute atomic E-state index is 0.0481. The van der Waals surface area contributed by atoms with E-state index in [1.54, 1.807) is 13.0 Å². The number of nitrogens with two attached hydrogens (primary N) is 1. The van der Waals surface area contributed by atoms with Crippen LogP contribution >= 0.6 is 23.8 Å². The molecule has 0 amide bonds. The Hall–Kier alpha value is -0.690. The summed E-state index contributed by atoms with van der Waals surface area (Å²) >= 11 is 10.9. The van der Waals surface area contributed by atoms with Gasteiger partial charge in [-0.3, -0.25) is 0 Å². The monoisotopic (exact) mass is 334 g/mol. The lowest BCUT2D eigenvalue weighted by Crippen LogP contribution is -2.34. The first-order valence-corrected chi connectivity index (χ1v) is 8.52. The second kappa shape index (κ2) is 6.85. The van der Waals surface area contributed by atoms with Crippen LogP contribution < -0.4 is 5.73 Å². The maximum absolute atomic E-state index is 12.7. The van der Waals surface area contributed by atoms with Gasteiger partial charge in [-0.15, -0.1) is 0 Å². The van der Waals surface area contributed by atoms with E-state index in [1.807, 2.05) is 13.8 Å². The molecular weight excluding hydrogens is 316 g/mol. The summed E-state index contributed by atoms with van der Waals surface area (Å²) in [5.41, 5.74) is 6.03. The Kier molecular flexibility index (Phi) is 5.94. The van der Waals surface area contributed by atoms with Crippen molar-refractivity contribution in [2.45, 2.75) is 25.7 Å². The molecule has 0 radical (unpaired) electrons. The molecule has 1 rings (SSSR count). The summed E-state index contributed by atoms with van der Waals surface area (Å²) in [4.78, 5) is 0.192. The normalized spacial score (nSPS) is 12.1. The molecule has 2 N–H and O–H groups in total. The van der Waals surface area contributed by atoms with Crippen molar-refractivity contribution in [2.75, 3.05) is 13.1 Å². The van der Waals surface area contributed by atoms with Gasteiger partial charge < -0.3 is 5.73 Å². The summed E-state index contributed by atoms with van der Waals surface area (Å²) in [5.74, 6) is 0.224. The Labute approximate surface area is 131 Å². The third-order valence-electron chi connectivity index (χ3n) is 2.76. The molecule has 1 aromatic rings. The van der Waals surface area contributed by atoms with Gasteiger partial charge in [0.1, 0.15) is 9.88 Å². The van der Waals surface area contributed by atoms with Crippen molar-refractivity contribution < 1.29 is 8.42 Å². The predicted octanol–water partition coefficient (Wildman–Crippen LogP) is 2.64. The number of rotatable bonds is 6. The molecule has 0 saturated carbocycles. The molecule has 0 spiro atoms. The maximum atomic E-state index is 12.7. The van der Waals surface area contributed by atoms with E-state index >= 15 is 0 Å². The molecule has 0 aliphatic carbocycles. The molecule has 1 aromatic carbocycles. The first-order valence-electron chi connectivity index (χ1n) is 6.29. The largest absolute Gasteiger partial charge is 0.389 e. The van der Waals surface area contributed by atoms with Gasteiger partial charge in [-0.1, -0.05) is 50.7 Å². The Morgan fingerprint density at radius 3 is 2.50 bits per heavy atom. The second-order valence-corrected chi connectivity index (χ2v) is 7.61. The SMILES string of the molecule is CCN(CC(C)C)S(=O)(=O)c1cc(C(N)=S)ccc1Cl. The Morgan fingerprint density at radius 1 is 1.45 bits per heavy atom. The molecule has 0 bridgehead atoms. The lowest BCUT2D eigenvalue weighted by molar-refractivity contribution is 0.381. The van der Waals surface area contributed by atoms with Crippen LogP contribution in [0, 0.1) is 5.92 Å². The average molecular weight is 335 g/mol. The van der Waals surface area contributed by atoms with Crippen molar-refractivity contribution in [3.05, 3.63) is 28.8 Å². The number of nitrogens with zero attached hydrogens (tertiary/aromatic N) is 1. The molecule has 0 atom stereocenters. The van der Waals surface area contributed by atoms with Gasteiger partial charge >= 0.3 is 0 Å². The van der Waals surface area contributed by atoms with Crippen LogP contribution in [0.25, 0.3) is 0 Å². The van der Waals surface area contributed by atoms with E-state index in [4.69, 9.17) is 29.6 Å². The third-order valence-corrected chi connectivity index (χ3v) is 5.41. The first kappa shape index (κ1) is 17.4. The highest BCUT2D eigenvalue weighted by molar-refractivity contribution is 7.89. The second-order valence-electron chi connectivity index (χ2n) is 4.86. The average Bonchev–Trinajstić information content (AvgIpc) is 2.35. The molecule has 112 valence electrons. The summed E-state index contributed by atoms with van der Waals surface area (Å²) in [6, 6.07) is 4.55. The number of sulfonamides is 1. The number of hydrogen-bond acceptors (Lipinski definition) is 3. The van der Waals surface area contributed by atoms with E-state index in [2.05, 4.69) is 0 Å². The maximum Gasteiger partial charge on any atom is 0.244 e. The predicted molar refractivity (Wildman–Crippen MR) is 86.6 cm³/mol. The quantitative estimate of drug-likeness (QED) is 0.812. The lowest BCUT2D eigenvalue weighted by Gasteiger charge is -2.23. The van der Waals surface area contributed by atoms with Crippen molar-refractivity contribution in [3.8, 4) is 0 Å². The van der Waals surface area contributed by atoms with Gasteiger partial charge in [0.2, 0.25) is 10.0 Å². The van der Waals surface area contributed by atoms with Crippen LogP contribution in [-0.4, -0.2) is 30.8 Å². The number of hydrogen-bond donors (Lipinski definition) is 1. The van der Waals surface area contributed by atoms with Gasteiger partial charge in [-0.05, 0) is 18.1 Å². The summed E-state index contributed by atoms with van der Waals surface area (Å²) in [6.07, 6.45) is 0. The van der Waals surface area contributed by atoms with Crippen LogP contribution in [0.1, 0.15) is 26.3 Å². The van der Waals surface area contributed by atoms with Crippen LogP contribution in [0.3, 0.4) is 0 Å². The molecule has 0 fully saturated rings. The van der Waals surface area contributed by atoms with Gasteiger partial charge in [0.25, 0.3) is 0 Å². The van der Waals surface area contributed by atoms with Gasteiger partial charge in [-0.2, -0.15) is 4.31 Å². The van der Waals surface area contributed by atoms with Crippen molar-refractivity contribution in [3.63, 3.8) is 0 Å². The van der Waals surface area contributed by atoms with Crippen LogP contribution in [0.2, 0.25) is 5.02 Å². The van der Waals surface area contributed by atoms with Crippen LogP contribution in [0.4, 0.5) is 0 Å². The van der Waals surface area contributed by atoms with Gasteiger partial charge in [0.05, 0.1) is 5.02 Å². The Balaban J connectivity index is 3.33. The molecule has 0 aliphatic rings. The summed E-state index contributed by atoms with van der Waals surface area (Å²) < 4.78 is 26.7. The Morgan fingerprint density at radius 2 is 2.05 bits per heavy atom. The van der Waals surface area contributed by atoms with E-state index in [-0.39, 0.29) is 20.8 Å². The fourth-order valence-corrected chi connectivity index (χ4v) is 4.04. The zero-order valence-corrected chi connectivity index (χ0v) is 14.1. The van der Waals surface area contributed by atoms with Crippen molar-refractivity contribution in [1.29, 1.82) is 0 Å². The van der Waals surface area contributed by atoms with Gasteiger partial charge in [0.15, 0.2) is 0 Å². The van der Waals surface area contributed by atoms with E-state index in [9.17, 15) is 8.42 Å². The minimum Gasteiger partial charge on any atom is -0.389 e. The summed E-state index contributed by atoms with van der Waals surface area (Å²) in [5, 5.41) is 0.173. The molecule has 0 heterocycles. The van der Waals surface area contributed by atoms with Gasteiger partial charge in [-0.25, -0.2) is 8.42 Å². The zero-order chi connectivity index (χ0) is 15.5. The van der Waals surface area contributed by atoms with E-state index in [0.29, 0.717) is 18.7 Å². The van der Waals surface area contributed by atoms with E-state index < -0.39 is 10.0 Å². The summed E-state index contributed by atoms with van der Waals surface area (Å²) in [6.45, 7) is 6.54. The number of thiocarbonyl (C=S) groups is 1. The smallest absolute Gasteiger partial charge is 0.244 e. The number of benzene rings is 1. The van der Waals surface area contributed by atoms with Crippen molar-refractivity contribution in [2.24, 2.45) is 11.7 Å². The van der Waals surface area contributed by atoms with Gasteiger partial charge in [0, 0.05) is 18.7 Å². The topological polar surface area (TPSA) is 63.4 Å². The molecule has 4 nitrogen and oxygen atoms in total. The van der Waals surface area contributed by atoms with Crippen LogP contribution in [0.5, 0.6) is 0 Å². The molecule has 0 unspecified atom stereocenters. The first-order chi connectivity index (χ1) is 9.20. The zero-order valence-electron chi connectivity index (χ0n) is 11.8. The molecule has 0 aromatic heterocycles. The highest BCUT2D eigenvalue weighted by atomic mass is 35.5. The van der Waals surface area contributed by atoms with Crippen LogP contribution in [-0.2, 0) is 10.0 Å². The third kappa shape index (κ3) is 3.91. The summed E-state index contributed by atoms with van der Waals surface area (Å²) in [7, 11) is -3.65. The van der Waals surface area contributed by atoms with Crippen molar-refractivity contribution >= 4 is 38.8 Å². The Bertz CT molecular complexity index is 600. The standard InChI is InChI=1S/C13H19ClN2O2S2/c1-4-16(8-9(2)3)20(17,18)12-7-10(13(15)19)5-6-11(12)14/h5-7,9H,4,8H2,1-3H3,(H2,15,19).